The number of amides is 2. The van der Waals surface area contributed by atoms with E-state index in [1.54, 1.807) is 6.20 Å². The first kappa shape index (κ1) is 23.4. The van der Waals surface area contributed by atoms with Gasteiger partial charge in [0.1, 0.15) is 6.04 Å². The Labute approximate surface area is 188 Å². The van der Waals surface area contributed by atoms with Gasteiger partial charge in [-0.2, -0.15) is 0 Å². The van der Waals surface area contributed by atoms with Crippen molar-refractivity contribution in [3.63, 3.8) is 0 Å². The molecular formula is C25H31N5O2. The van der Waals surface area contributed by atoms with Gasteiger partial charge in [-0.05, 0) is 49.9 Å². The van der Waals surface area contributed by atoms with Crippen LogP contribution in [0, 0.1) is 0 Å². The molecule has 0 radical (unpaired) electrons. The molecule has 6 N–H and O–H groups in total. The van der Waals surface area contributed by atoms with Crippen molar-refractivity contribution < 1.29 is 9.59 Å². The number of carbonyl (C=O) groups excluding carboxylic acids is 2. The Balaban J connectivity index is 1.69. The highest BCUT2D eigenvalue weighted by Gasteiger charge is 2.24. The number of carbonyl (C=O) groups is 2. The van der Waals surface area contributed by atoms with Gasteiger partial charge in [0.25, 0.3) is 0 Å². The number of hydrogen-bond donors (Lipinski definition) is 4. The van der Waals surface area contributed by atoms with Crippen LogP contribution in [-0.2, 0) is 16.0 Å². The number of nitrogens with one attached hydrogen (secondary N) is 2. The minimum Gasteiger partial charge on any atom is -0.343 e. The molecule has 32 heavy (non-hydrogen) atoms. The Kier molecular flexibility index (Phi) is 8.71. The molecule has 1 heterocycles. The van der Waals surface area contributed by atoms with Crippen LogP contribution in [0.25, 0.3) is 10.9 Å². The second-order valence-corrected chi connectivity index (χ2v) is 7.88. The summed E-state index contributed by atoms with van der Waals surface area (Å²) in [4.78, 5) is 30.1. The molecule has 3 aromatic rings. The first-order valence-electron chi connectivity index (χ1n) is 11.0. The number of benzene rings is 2. The van der Waals surface area contributed by atoms with Crippen molar-refractivity contribution in [3.8, 4) is 0 Å². The zero-order chi connectivity index (χ0) is 22.8. The smallest absolute Gasteiger partial charge is 0.247 e. The molecule has 7 nitrogen and oxygen atoms in total. The Bertz CT molecular complexity index is 1030. The maximum Gasteiger partial charge on any atom is 0.247 e. The van der Waals surface area contributed by atoms with Gasteiger partial charge >= 0.3 is 0 Å². The van der Waals surface area contributed by atoms with Crippen LogP contribution in [0.5, 0.6) is 0 Å². The van der Waals surface area contributed by atoms with E-state index in [1.165, 1.54) is 0 Å². The molecular weight excluding hydrogens is 402 g/mol. The van der Waals surface area contributed by atoms with Gasteiger partial charge in [0.05, 0.1) is 23.4 Å². The molecule has 7 heteroatoms. The SMILES string of the molecule is NCCCC[C@H](N)C(=O)N[C@H](CCc1ccccc1)C(=O)Nc1cnc2ccccc2c1. The van der Waals surface area contributed by atoms with Crippen LogP contribution in [-0.4, -0.2) is 35.4 Å². The van der Waals surface area contributed by atoms with Crippen LogP contribution in [0.4, 0.5) is 5.69 Å². The normalized spacial score (nSPS) is 12.8. The highest BCUT2D eigenvalue weighted by atomic mass is 16.2. The first-order valence-corrected chi connectivity index (χ1v) is 11.0. The molecule has 1 aromatic heterocycles. The van der Waals surface area contributed by atoms with E-state index in [0.29, 0.717) is 31.5 Å². The molecule has 0 fully saturated rings. The molecule has 2 amide bonds. The van der Waals surface area contributed by atoms with Crippen LogP contribution in [0.1, 0.15) is 31.2 Å². The second kappa shape index (κ2) is 11.9. The number of rotatable bonds is 11. The van der Waals surface area contributed by atoms with Crippen molar-refractivity contribution in [3.05, 3.63) is 72.4 Å². The van der Waals surface area contributed by atoms with Gasteiger partial charge in [-0.15, -0.1) is 0 Å². The number of hydrogen-bond acceptors (Lipinski definition) is 5. The molecule has 0 spiro atoms. The highest BCUT2D eigenvalue weighted by Crippen LogP contribution is 2.17. The lowest BCUT2D eigenvalue weighted by molar-refractivity contribution is -0.127. The van der Waals surface area contributed by atoms with E-state index in [0.717, 1.165) is 29.3 Å². The third-order valence-electron chi connectivity index (χ3n) is 5.36. The molecule has 168 valence electrons. The third kappa shape index (κ3) is 6.87. The maximum atomic E-state index is 13.1. The van der Waals surface area contributed by atoms with E-state index in [9.17, 15) is 9.59 Å². The summed E-state index contributed by atoms with van der Waals surface area (Å²) in [5.74, 6) is -0.618. The Hall–Kier alpha value is -3.29. The zero-order valence-electron chi connectivity index (χ0n) is 18.2. The van der Waals surface area contributed by atoms with Gasteiger partial charge in [-0.3, -0.25) is 14.6 Å². The van der Waals surface area contributed by atoms with E-state index in [1.807, 2.05) is 60.7 Å². The summed E-state index contributed by atoms with van der Waals surface area (Å²) in [6.45, 7) is 0.566. The average molecular weight is 434 g/mol. The summed E-state index contributed by atoms with van der Waals surface area (Å²) in [7, 11) is 0. The number of pyridine rings is 1. The summed E-state index contributed by atoms with van der Waals surface area (Å²) >= 11 is 0. The van der Waals surface area contributed by atoms with Crippen LogP contribution in [0.15, 0.2) is 66.9 Å². The average Bonchev–Trinajstić information content (AvgIpc) is 2.82. The number of aryl methyl sites for hydroxylation is 1. The zero-order valence-corrected chi connectivity index (χ0v) is 18.2. The summed E-state index contributed by atoms with van der Waals surface area (Å²) in [6.07, 6.45) is 4.85. The standard InChI is InChI=1S/C25H31N5O2/c26-15-7-6-11-21(27)24(31)30-23(14-13-18-8-2-1-3-9-18)25(32)29-20-16-19-10-4-5-12-22(19)28-17-20/h1-5,8-10,12,16-17,21,23H,6-7,11,13-15,26-27H2,(H,29,32)(H,30,31)/t21-,23+/m0/s1. The summed E-state index contributed by atoms with van der Waals surface area (Å²) in [5.41, 5.74) is 14.1. The molecule has 2 aromatic carbocycles. The summed E-state index contributed by atoms with van der Waals surface area (Å²) in [6, 6.07) is 18.0. The quantitative estimate of drug-likeness (QED) is 0.346. The topological polar surface area (TPSA) is 123 Å². The number of nitrogens with zero attached hydrogens (tertiary/aromatic N) is 1. The lowest BCUT2D eigenvalue weighted by Gasteiger charge is -2.21. The molecule has 0 saturated heterocycles. The summed E-state index contributed by atoms with van der Waals surface area (Å²) in [5, 5.41) is 6.66. The number of fused-ring (bicyclic) bond motifs is 1. The van der Waals surface area contributed by atoms with Gasteiger partial charge in [-0.1, -0.05) is 55.0 Å². The van der Waals surface area contributed by atoms with Crippen molar-refractivity contribution in [2.24, 2.45) is 11.5 Å². The molecule has 0 aliphatic heterocycles. The van der Waals surface area contributed by atoms with Crippen LogP contribution < -0.4 is 22.1 Å². The molecule has 2 atom stereocenters. The van der Waals surface area contributed by atoms with E-state index >= 15 is 0 Å². The van der Waals surface area contributed by atoms with Gasteiger partial charge in [0.2, 0.25) is 11.8 Å². The second-order valence-electron chi connectivity index (χ2n) is 7.88. The van der Waals surface area contributed by atoms with Crippen molar-refractivity contribution in [2.45, 2.75) is 44.2 Å². The predicted molar refractivity (Wildman–Crippen MR) is 128 cm³/mol. The van der Waals surface area contributed by atoms with Gasteiger partial charge < -0.3 is 22.1 Å². The van der Waals surface area contributed by atoms with Gasteiger partial charge in [-0.25, -0.2) is 0 Å². The number of para-hydroxylation sites is 1. The van der Waals surface area contributed by atoms with Crippen LogP contribution in [0.2, 0.25) is 0 Å². The predicted octanol–water partition coefficient (Wildman–Crippen LogP) is 2.75. The lowest BCUT2D eigenvalue weighted by Crippen LogP contribution is -2.50. The van der Waals surface area contributed by atoms with Crippen molar-refractivity contribution in [2.75, 3.05) is 11.9 Å². The molecule has 0 unspecified atom stereocenters. The Morgan fingerprint density at radius 3 is 2.47 bits per heavy atom. The third-order valence-corrected chi connectivity index (χ3v) is 5.36. The fraction of sp³-hybridized carbons (Fsp3) is 0.320. The Morgan fingerprint density at radius 1 is 0.938 bits per heavy atom. The first-order chi connectivity index (χ1) is 15.6. The number of nitrogens with two attached hydrogens (primary N) is 2. The number of unbranched alkanes of at least 4 members (excludes halogenated alkanes) is 1. The maximum absolute atomic E-state index is 13.1. The molecule has 0 saturated carbocycles. The van der Waals surface area contributed by atoms with Crippen molar-refractivity contribution >= 4 is 28.4 Å². The Morgan fingerprint density at radius 2 is 1.69 bits per heavy atom. The van der Waals surface area contributed by atoms with Crippen LogP contribution >= 0.6 is 0 Å². The molecule has 3 rings (SSSR count). The van der Waals surface area contributed by atoms with E-state index in [4.69, 9.17) is 11.5 Å². The fourth-order valence-corrected chi connectivity index (χ4v) is 3.51. The van der Waals surface area contributed by atoms with Gasteiger partial charge in [0, 0.05) is 5.39 Å². The minimum absolute atomic E-state index is 0.291. The number of aromatic nitrogens is 1. The lowest BCUT2D eigenvalue weighted by atomic mass is 10.0. The van der Waals surface area contributed by atoms with E-state index in [2.05, 4.69) is 15.6 Å². The monoisotopic (exact) mass is 433 g/mol. The van der Waals surface area contributed by atoms with Crippen molar-refractivity contribution in [1.29, 1.82) is 0 Å². The van der Waals surface area contributed by atoms with E-state index < -0.39 is 12.1 Å². The fourth-order valence-electron chi connectivity index (χ4n) is 3.51. The molecule has 0 aliphatic carbocycles. The molecule has 0 bridgehead atoms. The number of anilines is 1. The van der Waals surface area contributed by atoms with Crippen molar-refractivity contribution in [1.82, 2.24) is 10.3 Å². The summed E-state index contributed by atoms with van der Waals surface area (Å²) < 4.78 is 0. The minimum atomic E-state index is -0.713. The van der Waals surface area contributed by atoms with Gasteiger partial charge in [0.15, 0.2) is 0 Å². The largest absolute Gasteiger partial charge is 0.343 e. The van der Waals surface area contributed by atoms with Crippen LogP contribution in [0.3, 0.4) is 0 Å². The highest BCUT2D eigenvalue weighted by molar-refractivity contribution is 5.98. The molecule has 0 aliphatic rings. The van der Waals surface area contributed by atoms with E-state index in [-0.39, 0.29) is 11.8 Å².